The third-order valence-corrected chi connectivity index (χ3v) is 6.05. The Morgan fingerprint density at radius 2 is 0.962 bits per heavy atom. The highest BCUT2D eigenvalue weighted by molar-refractivity contribution is 6.35. The van der Waals surface area contributed by atoms with E-state index in [1.54, 1.807) is 0 Å². The summed E-state index contributed by atoms with van der Waals surface area (Å²) < 4.78 is 17.3. The van der Waals surface area contributed by atoms with E-state index in [9.17, 15) is 0 Å². The summed E-state index contributed by atoms with van der Waals surface area (Å²) in [6, 6.07) is 2.90. The van der Waals surface area contributed by atoms with E-state index in [-0.39, 0.29) is 0 Å². The normalized spacial score (nSPS) is 12.0. The molecule has 0 rings (SSSR count). The van der Waals surface area contributed by atoms with Gasteiger partial charge in [0.15, 0.2) is 0 Å². The van der Waals surface area contributed by atoms with Crippen LogP contribution >= 0.6 is 0 Å². The Morgan fingerprint density at radius 3 is 1.42 bits per heavy atom. The average Bonchev–Trinajstić information content (AvgIpc) is 2.63. The largest absolute Gasteiger partial charge is 0.328 e. The van der Waals surface area contributed by atoms with Crippen molar-refractivity contribution in [1.82, 2.24) is 0 Å². The Kier molecular flexibility index (Phi) is 19.9. The molecule has 0 aromatic heterocycles. The molecule has 156 valence electrons. The summed E-state index contributed by atoms with van der Waals surface area (Å²) in [7, 11) is 1.19. The highest BCUT2D eigenvalue weighted by Crippen LogP contribution is 2.24. The smallest absolute Gasteiger partial charge is 0.282 e. The number of unbranched alkanes of at least 4 members (excludes halogenated alkanes) is 9. The summed E-state index contributed by atoms with van der Waals surface area (Å²) >= 11 is 0. The molecule has 0 N–H and O–H groups in total. The molecule has 0 unspecified atom stereocenters. The van der Waals surface area contributed by atoms with Crippen molar-refractivity contribution in [3.05, 3.63) is 0 Å². The van der Waals surface area contributed by atoms with Gasteiger partial charge in [-0.15, -0.1) is 0 Å². The predicted molar refractivity (Wildman–Crippen MR) is 114 cm³/mol. The topological polar surface area (TPSA) is 27.7 Å². The molecule has 0 bridgehead atoms. The lowest BCUT2D eigenvalue weighted by atomic mass is 10.1. The van der Waals surface area contributed by atoms with Crippen LogP contribution in [0.1, 0.15) is 105 Å². The molecule has 0 heterocycles. The lowest BCUT2D eigenvalue weighted by molar-refractivity contribution is -0.380. The van der Waals surface area contributed by atoms with Crippen molar-refractivity contribution in [2.45, 2.75) is 123 Å². The van der Waals surface area contributed by atoms with Gasteiger partial charge in [0.2, 0.25) is 0 Å². The second-order valence-corrected chi connectivity index (χ2v) is 8.52. The lowest BCUT2D eigenvalue weighted by Gasteiger charge is -2.32. The minimum absolute atomic E-state index is 0.625. The van der Waals surface area contributed by atoms with Gasteiger partial charge in [-0.25, -0.2) is 0 Å². The predicted octanol–water partition coefficient (Wildman–Crippen LogP) is 6.99. The molecule has 0 saturated carbocycles. The van der Waals surface area contributed by atoms with Crippen molar-refractivity contribution < 1.29 is 14.2 Å². The van der Waals surface area contributed by atoms with E-state index in [2.05, 4.69) is 6.92 Å². The molecular formula is C22H46O3Si. The maximum absolute atomic E-state index is 5.78. The summed E-state index contributed by atoms with van der Waals surface area (Å²) in [5.41, 5.74) is 0. The van der Waals surface area contributed by atoms with Gasteiger partial charge in [-0.05, 0) is 27.2 Å². The number of ether oxygens (including phenoxy) is 3. The fourth-order valence-electron chi connectivity index (χ4n) is 3.28. The van der Waals surface area contributed by atoms with Crippen LogP contribution in [0.4, 0.5) is 0 Å². The fourth-order valence-corrected chi connectivity index (χ4v) is 4.53. The molecule has 0 fully saturated rings. The van der Waals surface area contributed by atoms with Crippen molar-refractivity contribution in [3.63, 3.8) is 0 Å². The quantitative estimate of drug-likeness (QED) is 0.121. The van der Waals surface area contributed by atoms with Crippen LogP contribution in [0, 0.1) is 0 Å². The molecule has 0 aliphatic rings. The summed E-state index contributed by atoms with van der Waals surface area (Å²) in [5.74, 6) is -0.809. The Bertz CT molecular complexity index is 257. The van der Waals surface area contributed by atoms with Crippen LogP contribution in [-0.4, -0.2) is 35.3 Å². The van der Waals surface area contributed by atoms with Gasteiger partial charge in [0.25, 0.3) is 5.97 Å². The van der Waals surface area contributed by atoms with Gasteiger partial charge in [-0.2, -0.15) is 0 Å². The van der Waals surface area contributed by atoms with Crippen LogP contribution in [0.5, 0.6) is 0 Å². The highest BCUT2D eigenvalue weighted by Gasteiger charge is 2.31. The molecule has 0 spiro atoms. The molecule has 26 heavy (non-hydrogen) atoms. The molecule has 0 aromatic carbocycles. The minimum Gasteiger partial charge on any atom is -0.328 e. The van der Waals surface area contributed by atoms with Crippen LogP contribution in [0.15, 0.2) is 0 Å². The molecular weight excluding hydrogens is 340 g/mol. The Morgan fingerprint density at radius 1 is 0.538 bits per heavy atom. The van der Waals surface area contributed by atoms with E-state index in [0.717, 1.165) is 12.8 Å². The molecule has 0 atom stereocenters. The number of rotatable bonds is 21. The average molecular weight is 387 g/mol. The molecule has 0 aliphatic carbocycles. The van der Waals surface area contributed by atoms with Crippen molar-refractivity contribution in [2.75, 3.05) is 19.8 Å². The zero-order valence-corrected chi connectivity index (χ0v) is 19.2. The van der Waals surface area contributed by atoms with Gasteiger partial charge in [-0.3, -0.25) is 0 Å². The van der Waals surface area contributed by atoms with Gasteiger partial charge in [0.05, 0.1) is 0 Å². The van der Waals surface area contributed by atoms with Crippen LogP contribution in [-0.2, 0) is 14.2 Å². The van der Waals surface area contributed by atoms with E-state index in [1.807, 2.05) is 20.8 Å². The summed E-state index contributed by atoms with van der Waals surface area (Å²) in [6.45, 7) is 10.2. The van der Waals surface area contributed by atoms with Crippen molar-refractivity contribution in [3.8, 4) is 0 Å². The standard InChI is InChI=1S/C22H46O3Si/c1-5-9-10-11-14-17-20-26-21-18-15-12-13-16-19-22(23-6-2,24-7-3)25-8-4/h5-21H2,1-4H3. The maximum Gasteiger partial charge on any atom is 0.282 e. The van der Waals surface area contributed by atoms with Crippen molar-refractivity contribution >= 4 is 9.52 Å². The second kappa shape index (κ2) is 19.8. The first kappa shape index (κ1) is 26.1. The monoisotopic (exact) mass is 386 g/mol. The second-order valence-electron chi connectivity index (χ2n) is 7.02. The Balaban J connectivity index is 3.52. The lowest BCUT2D eigenvalue weighted by Crippen LogP contribution is -2.39. The van der Waals surface area contributed by atoms with Gasteiger partial charge < -0.3 is 14.2 Å². The zero-order valence-electron chi connectivity index (χ0n) is 18.2. The molecule has 3 nitrogen and oxygen atoms in total. The van der Waals surface area contributed by atoms with Gasteiger partial charge >= 0.3 is 0 Å². The van der Waals surface area contributed by atoms with E-state index < -0.39 is 5.97 Å². The van der Waals surface area contributed by atoms with E-state index in [0.29, 0.717) is 19.8 Å². The van der Waals surface area contributed by atoms with Crippen LogP contribution in [0.25, 0.3) is 0 Å². The van der Waals surface area contributed by atoms with Crippen molar-refractivity contribution in [1.29, 1.82) is 0 Å². The summed E-state index contributed by atoms with van der Waals surface area (Å²) in [4.78, 5) is 0. The molecule has 0 aromatic rings. The third-order valence-electron chi connectivity index (χ3n) is 4.64. The SMILES string of the molecule is CCCCCCCC[Si]CCCCCCCC(OCC)(OCC)OCC. The first-order valence-electron chi connectivity index (χ1n) is 11.4. The molecule has 4 heteroatoms. The van der Waals surface area contributed by atoms with E-state index in [1.165, 1.54) is 85.8 Å². The summed E-state index contributed by atoms with van der Waals surface area (Å²) in [6.07, 6.45) is 15.9. The van der Waals surface area contributed by atoms with E-state index >= 15 is 0 Å². The van der Waals surface area contributed by atoms with Gasteiger partial charge in [0.1, 0.15) is 0 Å². The maximum atomic E-state index is 5.78. The van der Waals surface area contributed by atoms with Crippen LogP contribution in [0.2, 0.25) is 12.1 Å². The first-order valence-corrected chi connectivity index (χ1v) is 12.8. The first-order chi connectivity index (χ1) is 12.7. The molecule has 2 radical (unpaired) electrons. The van der Waals surface area contributed by atoms with Crippen LogP contribution in [0.3, 0.4) is 0 Å². The summed E-state index contributed by atoms with van der Waals surface area (Å²) in [5, 5.41) is 0. The minimum atomic E-state index is -0.809. The van der Waals surface area contributed by atoms with Gasteiger partial charge in [-0.1, -0.05) is 83.2 Å². The number of hydrogen-bond donors (Lipinski definition) is 0. The Hall–Kier alpha value is 0.0969. The Labute approximate surface area is 166 Å². The van der Waals surface area contributed by atoms with Gasteiger partial charge in [0, 0.05) is 35.8 Å². The number of hydrogen-bond acceptors (Lipinski definition) is 3. The van der Waals surface area contributed by atoms with E-state index in [4.69, 9.17) is 14.2 Å². The molecule has 0 saturated heterocycles. The molecule has 0 amide bonds. The third kappa shape index (κ3) is 15.2. The molecule has 0 aliphatic heterocycles. The zero-order chi connectivity index (χ0) is 19.3. The van der Waals surface area contributed by atoms with Crippen molar-refractivity contribution in [2.24, 2.45) is 0 Å². The fraction of sp³-hybridized carbons (Fsp3) is 1.00. The highest BCUT2D eigenvalue weighted by atomic mass is 28.2. The van der Waals surface area contributed by atoms with Crippen LogP contribution < -0.4 is 0 Å².